The lowest BCUT2D eigenvalue weighted by Gasteiger charge is -2.21. The molecular formula is C18H19N5O5. The average Bonchev–Trinajstić information content (AvgIpc) is 3.07. The van der Waals surface area contributed by atoms with Crippen LogP contribution >= 0.6 is 0 Å². The summed E-state index contributed by atoms with van der Waals surface area (Å²) in [4.78, 5) is 37.8. The first-order valence-electron chi connectivity index (χ1n) is 8.32. The van der Waals surface area contributed by atoms with Crippen LogP contribution in [0.15, 0.2) is 35.4 Å². The fraction of sp³-hybridized carbons (Fsp3) is 0.222. The molecule has 10 nitrogen and oxygen atoms in total. The van der Waals surface area contributed by atoms with Crippen molar-refractivity contribution in [3.8, 4) is 16.9 Å². The Labute approximate surface area is 159 Å². The van der Waals surface area contributed by atoms with Gasteiger partial charge in [-0.1, -0.05) is 0 Å². The van der Waals surface area contributed by atoms with E-state index in [1.165, 1.54) is 24.1 Å². The number of nitrogens with zero attached hydrogens (tertiary/aromatic N) is 3. The van der Waals surface area contributed by atoms with E-state index in [0.717, 1.165) is 0 Å². The molecule has 0 saturated heterocycles. The molecule has 0 unspecified atom stereocenters. The van der Waals surface area contributed by atoms with Crippen molar-refractivity contribution < 1.29 is 19.4 Å². The number of esters is 1. The Bertz CT molecular complexity index is 1070. The monoisotopic (exact) mass is 385 g/mol. The van der Waals surface area contributed by atoms with Gasteiger partial charge in [-0.25, -0.2) is 9.89 Å². The van der Waals surface area contributed by atoms with Gasteiger partial charge in [0.15, 0.2) is 0 Å². The Morgan fingerprint density at radius 1 is 1.32 bits per heavy atom. The van der Waals surface area contributed by atoms with Crippen molar-refractivity contribution in [2.75, 3.05) is 32.2 Å². The molecule has 10 heteroatoms. The van der Waals surface area contributed by atoms with E-state index in [-0.39, 0.29) is 29.0 Å². The highest BCUT2D eigenvalue weighted by molar-refractivity contribution is 5.99. The normalized spacial score (nSPS) is 10.8. The molecule has 0 saturated carbocycles. The number of ether oxygens (including phenoxy) is 1. The topological polar surface area (TPSA) is 144 Å². The first kappa shape index (κ1) is 19.1. The van der Waals surface area contributed by atoms with Crippen molar-refractivity contribution >= 4 is 17.6 Å². The number of H-pyrrole nitrogens is 1. The van der Waals surface area contributed by atoms with Crippen LogP contribution in [0.4, 0.5) is 5.69 Å². The van der Waals surface area contributed by atoms with Crippen LogP contribution in [0.3, 0.4) is 0 Å². The van der Waals surface area contributed by atoms with Crippen LogP contribution in [0.5, 0.6) is 0 Å². The third kappa shape index (κ3) is 3.32. The van der Waals surface area contributed by atoms with Gasteiger partial charge in [-0.15, -0.1) is 0 Å². The number of aliphatic hydroxyl groups is 1. The molecule has 28 heavy (non-hydrogen) atoms. The molecule has 1 amide bonds. The maximum Gasteiger partial charge on any atom is 0.341 e. The van der Waals surface area contributed by atoms with E-state index in [0.29, 0.717) is 17.9 Å². The second kappa shape index (κ2) is 7.53. The van der Waals surface area contributed by atoms with Crippen molar-refractivity contribution in [3.05, 3.63) is 52.1 Å². The molecule has 1 aromatic carbocycles. The third-order valence-electron chi connectivity index (χ3n) is 4.36. The highest BCUT2D eigenvalue weighted by Gasteiger charge is 2.23. The quantitative estimate of drug-likeness (QED) is 0.506. The number of likely N-dealkylation sites (N-methyl/N-ethyl adjacent to an activating group) is 1. The van der Waals surface area contributed by atoms with Crippen molar-refractivity contribution in [3.63, 3.8) is 0 Å². The summed E-state index contributed by atoms with van der Waals surface area (Å²) in [6.07, 6.45) is 2.97. The fourth-order valence-corrected chi connectivity index (χ4v) is 2.93. The number of amides is 1. The van der Waals surface area contributed by atoms with Crippen LogP contribution in [0.2, 0.25) is 0 Å². The number of benzene rings is 1. The van der Waals surface area contributed by atoms with Gasteiger partial charge in [-0.3, -0.25) is 9.59 Å². The van der Waals surface area contributed by atoms with E-state index in [9.17, 15) is 14.4 Å². The number of aromatic amines is 1. The summed E-state index contributed by atoms with van der Waals surface area (Å²) < 4.78 is 6.29. The summed E-state index contributed by atoms with van der Waals surface area (Å²) in [6, 6.07) is 4.92. The number of carbonyl (C=O) groups excluding carboxylic acids is 2. The molecule has 2 heterocycles. The zero-order valence-electron chi connectivity index (χ0n) is 15.3. The molecule has 0 spiro atoms. The lowest BCUT2D eigenvalue weighted by molar-refractivity contribution is 0.0600. The molecule has 2 aliphatic rings. The molecule has 0 bridgehead atoms. The minimum atomic E-state index is -0.653. The SMILES string of the molecule is COC(=O)c1cn(-c2ccc(N(C)CCO)c(C(N)=O)c2)cc2c(=O)[nH]nc1-2. The van der Waals surface area contributed by atoms with Gasteiger partial charge in [-0.05, 0) is 18.2 Å². The molecule has 2 aliphatic heterocycles. The summed E-state index contributed by atoms with van der Waals surface area (Å²) in [5, 5.41) is 15.3. The summed E-state index contributed by atoms with van der Waals surface area (Å²) in [5.74, 6) is -1.30. The van der Waals surface area contributed by atoms with E-state index in [2.05, 4.69) is 10.2 Å². The van der Waals surface area contributed by atoms with Crippen LogP contribution in [-0.4, -0.2) is 59.1 Å². The molecule has 4 N–H and O–H groups in total. The van der Waals surface area contributed by atoms with Crippen molar-refractivity contribution in [2.45, 2.75) is 0 Å². The summed E-state index contributed by atoms with van der Waals surface area (Å²) >= 11 is 0. The molecule has 3 rings (SSSR count). The van der Waals surface area contributed by atoms with E-state index in [4.69, 9.17) is 15.6 Å². The van der Waals surface area contributed by atoms with E-state index >= 15 is 0 Å². The highest BCUT2D eigenvalue weighted by Crippen LogP contribution is 2.26. The lowest BCUT2D eigenvalue weighted by Crippen LogP contribution is -2.25. The van der Waals surface area contributed by atoms with Crippen LogP contribution in [0.25, 0.3) is 16.9 Å². The summed E-state index contributed by atoms with van der Waals surface area (Å²) in [6.45, 7) is 0.233. The Balaban J connectivity index is 2.19. The number of primary amides is 1. The number of hydrogen-bond donors (Lipinski definition) is 3. The molecule has 146 valence electrons. The second-order valence-electron chi connectivity index (χ2n) is 6.10. The van der Waals surface area contributed by atoms with Gasteiger partial charge in [0.2, 0.25) is 0 Å². The van der Waals surface area contributed by atoms with Crippen molar-refractivity contribution in [1.82, 2.24) is 14.8 Å². The standard InChI is InChI=1S/C18H19N5O5/c1-22(5-6-24)14-4-3-10(7-11(14)16(19)25)23-8-12-15(20-21-17(12)26)13(9-23)18(27)28-2/h3-4,7-9,24H,5-6H2,1-2H3,(H2,19,25)(H,21,26). The van der Waals surface area contributed by atoms with Crippen LogP contribution in [0.1, 0.15) is 20.7 Å². The minimum Gasteiger partial charge on any atom is -0.465 e. The molecule has 0 aromatic heterocycles. The summed E-state index contributed by atoms with van der Waals surface area (Å²) in [7, 11) is 2.95. The largest absolute Gasteiger partial charge is 0.465 e. The first-order valence-corrected chi connectivity index (χ1v) is 8.32. The Hall–Kier alpha value is -3.66. The van der Waals surface area contributed by atoms with Gasteiger partial charge in [0.25, 0.3) is 11.5 Å². The predicted molar refractivity (Wildman–Crippen MR) is 101 cm³/mol. The number of aromatic nitrogens is 3. The zero-order chi connectivity index (χ0) is 20.4. The van der Waals surface area contributed by atoms with Crippen molar-refractivity contribution in [1.29, 1.82) is 0 Å². The molecule has 0 radical (unpaired) electrons. The first-order chi connectivity index (χ1) is 13.4. The van der Waals surface area contributed by atoms with E-state index in [1.54, 1.807) is 30.1 Å². The highest BCUT2D eigenvalue weighted by atomic mass is 16.5. The molecule has 0 aliphatic carbocycles. The zero-order valence-corrected chi connectivity index (χ0v) is 15.3. The van der Waals surface area contributed by atoms with Crippen LogP contribution in [-0.2, 0) is 4.74 Å². The number of anilines is 1. The number of nitrogens with one attached hydrogen (secondary N) is 1. The lowest BCUT2D eigenvalue weighted by atomic mass is 10.1. The third-order valence-corrected chi connectivity index (χ3v) is 4.36. The van der Waals surface area contributed by atoms with Gasteiger partial charge in [0.05, 0.1) is 24.8 Å². The number of methoxy groups -OCH3 is 1. The average molecular weight is 385 g/mol. The molecular weight excluding hydrogens is 366 g/mol. The number of pyridine rings is 1. The smallest absolute Gasteiger partial charge is 0.341 e. The van der Waals surface area contributed by atoms with Gasteiger partial charge < -0.3 is 25.0 Å². The number of hydrogen-bond acceptors (Lipinski definition) is 7. The van der Waals surface area contributed by atoms with Gasteiger partial charge in [0.1, 0.15) is 11.3 Å². The molecule has 0 atom stereocenters. The number of rotatable bonds is 6. The van der Waals surface area contributed by atoms with Gasteiger partial charge in [0, 0.05) is 37.4 Å². The number of aliphatic hydroxyl groups excluding tert-OH is 1. The Kier molecular flexibility index (Phi) is 5.14. The Morgan fingerprint density at radius 2 is 2.07 bits per heavy atom. The van der Waals surface area contributed by atoms with Gasteiger partial charge in [-0.2, -0.15) is 5.10 Å². The predicted octanol–water partition coefficient (Wildman–Crippen LogP) is -0.0206. The summed E-state index contributed by atoms with van der Waals surface area (Å²) in [5.41, 5.74) is 6.84. The second-order valence-corrected chi connectivity index (χ2v) is 6.10. The maximum atomic E-state index is 12.1. The van der Waals surface area contributed by atoms with Crippen molar-refractivity contribution in [2.24, 2.45) is 5.73 Å². The Morgan fingerprint density at radius 3 is 2.71 bits per heavy atom. The molecule has 1 aromatic rings. The van der Waals surface area contributed by atoms with Crippen LogP contribution in [0, 0.1) is 0 Å². The molecule has 0 fully saturated rings. The van der Waals surface area contributed by atoms with Gasteiger partial charge >= 0.3 is 5.97 Å². The van der Waals surface area contributed by atoms with E-state index < -0.39 is 17.4 Å². The minimum absolute atomic E-state index is 0.0862. The maximum absolute atomic E-state index is 12.1. The van der Waals surface area contributed by atoms with Crippen LogP contribution < -0.4 is 16.2 Å². The number of fused-ring (bicyclic) bond motifs is 1. The number of nitrogens with two attached hydrogens (primary N) is 1. The number of carbonyl (C=O) groups is 2. The fourth-order valence-electron chi connectivity index (χ4n) is 2.93. The van der Waals surface area contributed by atoms with E-state index in [1.807, 2.05) is 0 Å².